The Kier molecular flexibility index (Phi) is 18.2. The molecule has 0 aromatic rings. The monoisotopic (exact) mass is 439 g/mol. The first-order chi connectivity index (χ1) is 13.4. The summed E-state index contributed by atoms with van der Waals surface area (Å²) in [4.78, 5) is 14.3. The Hall–Kier alpha value is 0.380. The van der Waals surface area contributed by atoms with Gasteiger partial charge in [0.05, 0.1) is 15.9 Å². The van der Waals surface area contributed by atoms with Gasteiger partial charge in [0.2, 0.25) is 5.91 Å². The van der Waals surface area contributed by atoms with Crippen molar-refractivity contribution in [1.82, 2.24) is 4.90 Å². The van der Waals surface area contributed by atoms with Gasteiger partial charge < -0.3 is 9.45 Å². The fourth-order valence-corrected chi connectivity index (χ4v) is 4.62. The van der Waals surface area contributed by atoms with Crippen LogP contribution in [0.5, 0.6) is 0 Å². The third-order valence-electron chi connectivity index (χ3n) is 5.91. The molecule has 1 aliphatic carbocycles. The van der Waals surface area contributed by atoms with E-state index in [0.29, 0.717) is 6.42 Å². The van der Waals surface area contributed by atoms with Gasteiger partial charge in [-0.15, -0.1) is 0 Å². The van der Waals surface area contributed by atoms with Gasteiger partial charge in [0.1, 0.15) is 0 Å². The summed E-state index contributed by atoms with van der Waals surface area (Å²) >= 11 is 0. The van der Waals surface area contributed by atoms with Crippen LogP contribution in [0.25, 0.3) is 0 Å². The number of amides is 1. The minimum Gasteiger partial charge on any atom is -0.748 e. The smallest absolute Gasteiger partial charge is 0.748 e. The number of unbranched alkanes of at least 4 members (excludes halogenated alkanes) is 10. The number of hydrogen-bond donors (Lipinski definition) is 0. The molecule has 0 radical (unpaired) electrons. The molecule has 29 heavy (non-hydrogen) atoms. The fraction of sp³-hybridized carbons (Fsp3) is 0.955. The molecule has 0 unspecified atom stereocenters. The molecule has 1 amide bonds. The summed E-state index contributed by atoms with van der Waals surface area (Å²) in [6.07, 6.45) is 19.3. The second-order valence-electron chi connectivity index (χ2n) is 8.43. The molecule has 0 aromatic heterocycles. The quantitative estimate of drug-likeness (QED) is 0.210. The molecule has 1 fully saturated rings. The number of carbonyl (C=O) groups excluding carboxylic acids is 1. The molecule has 0 heterocycles. The van der Waals surface area contributed by atoms with E-state index in [-0.39, 0.29) is 48.1 Å². The van der Waals surface area contributed by atoms with Crippen molar-refractivity contribution in [3.8, 4) is 0 Å². The van der Waals surface area contributed by atoms with Crippen LogP contribution in [0, 0.1) is 0 Å². The number of rotatable bonds is 16. The van der Waals surface area contributed by atoms with E-state index in [1.54, 1.807) is 4.90 Å². The molecule has 0 aromatic carbocycles. The molecular weight excluding hydrogens is 397 g/mol. The van der Waals surface area contributed by atoms with E-state index in [4.69, 9.17) is 0 Å². The SMILES string of the molecule is CCCCCCCCCCCCCC(=O)N(CCS(=O)(=O)[O-])C1CCCCC1.[Na+]. The van der Waals surface area contributed by atoms with Gasteiger partial charge in [-0.1, -0.05) is 90.4 Å². The summed E-state index contributed by atoms with van der Waals surface area (Å²) in [5, 5.41) is 0. The molecule has 0 N–H and O–H groups in total. The topological polar surface area (TPSA) is 77.5 Å². The van der Waals surface area contributed by atoms with Gasteiger partial charge in [-0.3, -0.25) is 4.79 Å². The van der Waals surface area contributed by atoms with Crippen molar-refractivity contribution >= 4 is 16.0 Å². The summed E-state index contributed by atoms with van der Waals surface area (Å²) < 4.78 is 33.0. The first kappa shape index (κ1) is 29.4. The van der Waals surface area contributed by atoms with E-state index in [1.807, 2.05) is 0 Å². The van der Waals surface area contributed by atoms with E-state index >= 15 is 0 Å². The predicted octanol–water partition coefficient (Wildman–Crippen LogP) is 2.40. The van der Waals surface area contributed by atoms with Crippen molar-refractivity contribution in [3.05, 3.63) is 0 Å². The fourth-order valence-electron chi connectivity index (χ4n) is 4.20. The molecule has 0 aliphatic heterocycles. The van der Waals surface area contributed by atoms with E-state index < -0.39 is 15.9 Å². The zero-order chi connectivity index (χ0) is 20.7. The first-order valence-electron chi connectivity index (χ1n) is 11.7. The molecule has 7 heteroatoms. The van der Waals surface area contributed by atoms with Crippen LogP contribution in [0.1, 0.15) is 116 Å². The Bertz CT molecular complexity index is 507. The largest absolute Gasteiger partial charge is 1.00 e. The number of carbonyl (C=O) groups is 1. The zero-order valence-electron chi connectivity index (χ0n) is 19.0. The van der Waals surface area contributed by atoms with Gasteiger partial charge in [0.25, 0.3) is 0 Å². The van der Waals surface area contributed by atoms with Crippen LogP contribution in [-0.2, 0) is 14.9 Å². The van der Waals surface area contributed by atoms with Crippen LogP contribution in [0.15, 0.2) is 0 Å². The van der Waals surface area contributed by atoms with Crippen molar-refractivity contribution < 1.29 is 47.3 Å². The Morgan fingerprint density at radius 3 is 1.83 bits per heavy atom. The molecule has 166 valence electrons. The third kappa shape index (κ3) is 15.8. The second-order valence-corrected chi connectivity index (χ2v) is 9.95. The second kappa shape index (κ2) is 18.0. The van der Waals surface area contributed by atoms with Crippen molar-refractivity contribution in [1.29, 1.82) is 0 Å². The minimum absolute atomic E-state index is 0. The van der Waals surface area contributed by atoms with Crippen LogP contribution in [0.4, 0.5) is 0 Å². The summed E-state index contributed by atoms with van der Waals surface area (Å²) in [7, 11) is -4.28. The van der Waals surface area contributed by atoms with Gasteiger partial charge in [0.15, 0.2) is 0 Å². The summed E-state index contributed by atoms with van der Waals surface area (Å²) in [6.45, 7) is 2.30. The standard InChI is InChI=1S/C22H43NO4S.Na/c1-2-3-4-5-6-7-8-9-10-11-15-18-22(24)23(19-20-28(25,26)27)21-16-13-12-14-17-21;/h21H,2-20H2,1H3,(H,25,26,27);/q;+1/p-1. The van der Waals surface area contributed by atoms with Crippen LogP contribution in [-0.4, -0.2) is 42.1 Å². The molecule has 0 saturated heterocycles. The van der Waals surface area contributed by atoms with E-state index in [9.17, 15) is 17.8 Å². The van der Waals surface area contributed by atoms with Crippen molar-refractivity contribution in [2.24, 2.45) is 0 Å². The van der Waals surface area contributed by atoms with E-state index in [2.05, 4.69) is 6.92 Å². The molecular formula is C22H42NNaO4S. The Morgan fingerprint density at radius 1 is 0.862 bits per heavy atom. The maximum atomic E-state index is 12.6. The molecule has 1 aliphatic rings. The molecule has 1 saturated carbocycles. The van der Waals surface area contributed by atoms with E-state index in [0.717, 1.165) is 38.5 Å². The van der Waals surface area contributed by atoms with E-state index in [1.165, 1.54) is 64.2 Å². The maximum Gasteiger partial charge on any atom is 1.00 e. The normalized spacial score (nSPS) is 15.1. The van der Waals surface area contributed by atoms with Crippen molar-refractivity contribution in [2.75, 3.05) is 12.3 Å². The predicted molar refractivity (Wildman–Crippen MR) is 114 cm³/mol. The third-order valence-corrected chi connectivity index (χ3v) is 6.59. The summed E-state index contributed by atoms with van der Waals surface area (Å²) in [6, 6.07) is 0.121. The summed E-state index contributed by atoms with van der Waals surface area (Å²) in [5.74, 6) is -0.431. The van der Waals surface area contributed by atoms with Gasteiger partial charge in [0, 0.05) is 19.0 Å². The average Bonchev–Trinajstić information content (AvgIpc) is 2.66. The maximum absolute atomic E-state index is 12.6. The van der Waals surface area contributed by atoms with Crippen LogP contribution in [0.2, 0.25) is 0 Å². The first-order valence-corrected chi connectivity index (χ1v) is 13.2. The average molecular weight is 440 g/mol. The van der Waals surface area contributed by atoms with Crippen LogP contribution in [0.3, 0.4) is 0 Å². The zero-order valence-corrected chi connectivity index (χ0v) is 21.8. The van der Waals surface area contributed by atoms with Gasteiger partial charge in [-0.2, -0.15) is 0 Å². The van der Waals surface area contributed by atoms with Crippen molar-refractivity contribution in [3.63, 3.8) is 0 Å². The van der Waals surface area contributed by atoms with Crippen LogP contribution < -0.4 is 29.6 Å². The van der Waals surface area contributed by atoms with Gasteiger partial charge in [-0.05, 0) is 19.3 Å². The Balaban J connectivity index is 0.00000784. The molecule has 5 nitrogen and oxygen atoms in total. The van der Waals surface area contributed by atoms with Crippen LogP contribution >= 0.6 is 0 Å². The van der Waals surface area contributed by atoms with Crippen molar-refractivity contribution in [2.45, 2.75) is 122 Å². The Labute approximate surface area is 201 Å². The summed E-state index contributed by atoms with van der Waals surface area (Å²) in [5.41, 5.74) is 0. The Morgan fingerprint density at radius 2 is 1.34 bits per heavy atom. The molecule has 0 atom stereocenters. The van der Waals surface area contributed by atoms with Gasteiger partial charge >= 0.3 is 29.6 Å². The molecule has 0 spiro atoms. The number of nitrogens with zero attached hydrogens (tertiary/aromatic N) is 1. The minimum atomic E-state index is -4.28. The number of hydrogen-bond acceptors (Lipinski definition) is 4. The molecule has 1 rings (SSSR count). The van der Waals surface area contributed by atoms with Gasteiger partial charge in [-0.25, -0.2) is 8.42 Å². The molecule has 0 bridgehead atoms.